The van der Waals surface area contributed by atoms with E-state index in [1.165, 1.54) is 42.2 Å². The Balaban J connectivity index is 1.97. The fourth-order valence-electron chi connectivity index (χ4n) is 9.65. The normalized spacial score (nSPS) is 14.8. The van der Waals surface area contributed by atoms with E-state index < -0.39 is 206 Å². The van der Waals surface area contributed by atoms with Crippen LogP contribution in [0.3, 0.4) is 0 Å². The number of nitrogens with two attached hydrogens (primary N) is 5. The van der Waals surface area contributed by atoms with Gasteiger partial charge in [-0.3, -0.25) is 71.9 Å². The van der Waals surface area contributed by atoms with Gasteiger partial charge >= 0.3 is 5.97 Å². The van der Waals surface area contributed by atoms with Gasteiger partial charge in [-0.1, -0.05) is 72.3 Å². The average Bonchev–Trinajstić information content (AvgIpc) is 1.73. The Morgan fingerprint density at radius 2 is 1.12 bits per heavy atom. The number of carbonyl (C=O) groups is 15. The molecule has 10 amide bonds. The van der Waals surface area contributed by atoms with Gasteiger partial charge in [-0.05, 0) is 79.9 Å². The standard InChI is InChI=1S/C62H90N16O20S3/c1-29(2)20-42(78-98)55(88)54(87)41(23-49(66)83)70-30(3)38(18-19-99-5)72-57(90)40(15-16-48(65)82)73-59(92)45(24-50(67)84)75-58(91)44(22-33-25-68-39-9-7-6-8-35(33)39)76-61(94)52(31(4)79)77-60(93)43(21-32-10-12-34(80)13-11-32)74-56(89)37(64)27-100-101-28-46(53(86)47(81)26-69-97)71-51(85)17-14-36(63)62(95)96/h6-13,25,29,31,36-38,40-46,52,68-70,78-80,97-98H,3,14-24,26-28,63-64H2,1-2,4-5H3,(H2,65,82)(H2,66,83)(H2,67,84)(H,71,85)(H,72,90)(H,73,92)(H,74,89)(H,75,91)(H,76,94)(H,77,93)(H,95,96)/t31-,36?,37?,38+,40+,41+,42+,43+,44+,45+,46?,52+/m1/s1. The molecule has 3 unspecified atom stereocenters. The van der Waals surface area contributed by atoms with E-state index in [1.807, 2.05) is 0 Å². The minimum atomic E-state index is -1.95. The number of amides is 10. The second kappa shape index (κ2) is 43.6. The molecule has 26 N–H and O–H groups in total. The summed E-state index contributed by atoms with van der Waals surface area (Å²) in [5.41, 5.74) is 32.8. The third-order valence-corrected chi connectivity index (χ3v) is 18.2. The minimum absolute atomic E-state index is 0.0255. The fraction of sp³-hybridized carbons (Fsp3) is 0.500. The number of para-hydroxylation sites is 1. The number of aromatic nitrogens is 1. The molecule has 1 aromatic heterocycles. The molecule has 36 nitrogen and oxygen atoms in total. The molecule has 0 aliphatic heterocycles. The molecule has 556 valence electrons. The van der Waals surface area contributed by atoms with Crippen molar-refractivity contribution in [3.8, 4) is 5.75 Å². The molecule has 0 saturated carbocycles. The highest BCUT2D eigenvalue weighted by Gasteiger charge is 2.38. The third kappa shape index (κ3) is 30.0. The predicted octanol–water partition coefficient (Wildman–Crippen LogP) is -4.78. The van der Waals surface area contributed by atoms with Gasteiger partial charge in [0, 0.05) is 60.0 Å². The van der Waals surface area contributed by atoms with Crippen LogP contribution in [0.15, 0.2) is 67.0 Å². The number of carboxylic acids is 1. The lowest BCUT2D eigenvalue weighted by Crippen LogP contribution is -2.62. The number of ketones is 4. The summed E-state index contributed by atoms with van der Waals surface area (Å²) in [4.78, 5) is 202. The number of aliphatic carboxylic acids is 1. The van der Waals surface area contributed by atoms with Gasteiger partial charge < -0.3 is 102 Å². The smallest absolute Gasteiger partial charge is 0.320 e. The summed E-state index contributed by atoms with van der Waals surface area (Å²) in [7, 11) is 1.77. The van der Waals surface area contributed by atoms with E-state index in [-0.39, 0.29) is 54.6 Å². The molecule has 2 aromatic carbocycles. The van der Waals surface area contributed by atoms with Crippen LogP contribution in [0.5, 0.6) is 5.75 Å². The van der Waals surface area contributed by atoms with Crippen molar-refractivity contribution in [3.63, 3.8) is 0 Å². The molecule has 0 saturated heterocycles. The van der Waals surface area contributed by atoms with Crippen LogP contribution in [-0.2, 0) is 84.8 Å². The molecule has 0 bridgehead atoms. The maximum absolute atomic E-state index is 14.8. The number of thioether (sulfide) groups is 1. The number of carbonyl (C=O) groups excluding carboxylic acids is 14. The van der Waals surface area contributed by atoms with Gasteiger partial charge in [-0.15, -0.1) is 0 Å². The van der Waals surface area contributed by atoms with E-state index >= 15 is 0 Å². The maximum atomic E-state index is 14.8. The zero-order valence-electron chi connectivity index (χ0n) is 55.8. The van der Waals surface area contributed by atoms with Gasteiger partial charge in [0.05, 0.1) is 43.6 Å². The Kier molecular flexibility index (Phi) is 37.2. The second-order valence-electron chi connectivity index (χ2n) is 23.8. The first-order valence-corrected chi connectivity index (χ1v) is 35.3. The van der Waals surface area contributed by atoms with E-state index in [0.29, 0.717) is 27.8 Å². The quantitative estimate of drug-likeness (QED) is 0.0109. The summed E-state index contributed by atoms with van der Waals surface area (Å²) in [6.45, 7) is 7.70. The predicted molar refractivity (Wildman–Crippen MR) is 370 cm³/mol. The molecule has 0 radical (unpaired) electrons. The third-order valence-electron chi connectivity index (χ3n) is 15.1. The molecule has 3 aromatic rings. The number of nitrogens with one attached hydrogen (secondary N) is 11. The Morgan fingerprint density at radius 3 is 1.71 bits per heavy atom. The number of Topliss-reactive ketones (excluding diaryl/α,β-unsaturated/α-hetero) is 4. The second-order valence-corrected chi connectivity index (χ2v) is 27.3. The number of aliphatic hydroxyl groups is 1. The number of hydroxylamine groups is 2. The summed E-state index contributed by atoms with van der Waals surface area (Å²) in [5, 5.41) is 69.4. The number of aromatic hydroxyl groups is 1. The molecule has 39 heteroatoms. The van der Waals surface area contributed by atoms with Gasteiger partial charge in [0.1, 0.15) is 54.1 Å². The van der Waals surface area contributed by atoms with Crippen LogP contribution in [0.2, 0.25) is 0 Å². The Hall–Kier alpha value is -9.06. The lowest BCUT2D eigenvalue weighted by Gasteiger charge is -2.29. The largest absolute Gasteiger partial charge is 0.508 e. The number of aliphatic hydroxyl groups excluding tert-OH is 1. The first kappa shape index (κ1) is 86.2. The lowest BCUT2D eigenvalue weighted by molar-refractivity contribution is -0.141. The maximum Gasteiger partial charge on any atom is 0.320 e. The van der Waals surface area contributed by atoms with Crippen molar-refractivity contribution in [3.05, 3.63) is 78.1 Å². The van der Waals surface area contributed by atoms with Crippen LogP contribution >= 0.6 is 33.3 Å². The topological polar surface area (TPSA) is 623 Å². The highest BCUT2D eigenvalue weighted by Crippen LogP contribution is 2.24. The lowest BCUT2D eigenvalue weighted by atomic mass is 9.94. The zero-order valence-corrected chi connectivity index (χ0v) is 58.2. The van der Waals surface area contributed by atoms with E-state index in [2.05, 4.69) is 54.1 Å². The molecule has 1 heterocycles. The molecular formula is C62H90N16O20S3. The van der Waals surface area contributed by atoms with Gasteiger partial charge in [0.15, 0.2) is 0 Å². The van der Waals surface area contributed by atoms with Crippen molar-refractivity contribution in [1.82, 2.24) is 58.5 Å². The van der Waals surface area contributed by atoms with Crippen molar-refractivity contribution in [2.75, 3.05) is 30.1 Å². The summed E-state index contributed by atoms with van der Waals surface area (Å²) < 4.78 is 0. The zero-order chi connectivity index (χ0) is 75.8. The number of fused-ring (bicyclic) bond motifs is 1. The first-order valence-electron chi connectivity index (χ1n) is 31.4. The minimum Gasteiger partial charge on any atom is -0.508 e. The van der Waals surface area contributed by atoms with E-state index in [4.69, 9.17) is 39.0 Å². The first-order chi connectivity index (χ1) is 47.6. The number of carboxylic acid groups (broad SMARTS) is 1. The molecular weight excluding hydrogens is 1380 g/mol. The van der Waals surface area contributed by atoms with Crippen molar-refractivity contribution < 1.29 is 97.7 Å². The summed E-state index contributed by atoms with van der Waals surface area (Å²) >= 11 is 1.31. The summed E-state index contributed by atoms with van der Waals surface area (Å²) in [6, 6.07) is -5.33. The molecule has 0 fully saturated rings. The van der Waals surface area contributed by atoms with Gasteiger partial charge in [0.2, 0.25) is 82.2 Å². The Labute approximate surface area is 591 Å². The van der Waals surface area contributed by atoms with Crippen LogP contribution in [-0.4, -0.2) is 222 Å². The highest BCUT2D eigenvalue weighted by atomic mass is 33.1. The van der Waals surface area contributed by atoms with Crippen molar-refractivity contribution in [2.24, 2.45) is 34.6 Å². The van der Waals surface area contributed by atoms with Crippen LogP contribution in [0.4, 0.5) is 0 Å². The van der Waals surface area contributed by atoms with Crippen molar-refractivity contribution >= 4 is 132 Å². The number of phenols is 1. The number of primary amides is 3. The number of hydrogen-bond acceptors (Lipinski definition) is 27. The number of hydrogen-bond donors (Lipinski definition) is 21. The highest BCUT2D eigenvalue weighted by molar-refractivity contribution is 8.76. The average molecular weight is 1480 g/mol. The molecule has 0 spiro atoms. The van der Waals surface area contributed by atoms with E-state index in [1.54, 1.807) is 55.3 Å². The van der Waals surface area contributed by atoms with Crippen molar-refractivity contribution in [2.45, 2.75) is 158 Å². The number of aromatic amines is 1. The van der Waals surface area contributed by atoms with Crippen LogP contribution < -0.4 is 82.2 Å². The van der Waals surface area contributed by atoms with Crippen LogP contribution in [0.25, 0.3) is 10.9 Å². The monoisotopic (exact) mass is 1470 g/mol. The number of phenolic OH excluding ortho intramolecular Hbond substituents is 1. The Morgan fingerprint density at radius 1 is 0.564 bits per heavy atom. The van der Waals surface area contributed by atoms with E-state index in [9.17, 15) is 87.3 Å². The molecule has 3 rings (SSSR count). The summed E-state index contributed by atoms with van der Waals surface area (Å²) in [5.74, 6) is -17.1. The van der Waals surface area contributed by atoms with Crippen molar-refractivity contribution in [1.29, 1.82) is 0 Å². The summed E-state index contributed by atoms with van der Waals surface area (Å²) in [6.07, 6.45) is -2.66. The fourth-order valence-corrected chi connectivity index (χ4v) is 12.4. The van der Waals surface area contributed by atoms with Gasteiger partial charge in [-0.2, -0.15) is 22.7 Å². The van der Waals surface area contributed by atoms with Crippen LogP contribution in [0, 0.1) is 5.92 Å². The number of rotatable bonds is 50. The molecule has 0 aliphatic rings. The SMILES string of the molecule is C=C(N[C@@H](CC(N)=O)C(=O)C(=O)[C@H](CC(C)C)NO)[C@H](CCSC)NC(=O)[C@H](CCC(N)=O)NC(=O)[C@H](CC(N)=O)NC(=O)[C@H](Cc1c[nH]c2ccccc12)NC(=O)[C@@H](NC(=O)[C@H](Cc1ccc(O)cc1)NC(=O)C(N)CSSCC(NC(=O)CCC(N)C(=O)O)C(=O)C(=O)CNO)[C@@H](C)O. The number of benzene rings is 2. The van der Waals surface area contributed by atoms with Gasteiger partial charge in [0.25, 0.3) is 0 Å². The number of H-pyrrole nitrogens is 1. The van der Waals surface area contributed by atoms with Gasteiger partial charge in [-0.25, -0.2) is 0 Å². The van der Waals surface area contributed by atoms with Crippen LogP contribution in [0.1, 0.15) is 83.3 Å². The van der Waals surface area contributed by atoms with E-state index in [0.717, 1.165) is 28.5 Å². The Bertz CT molecular complexity index is 3440. The molecule has 101 heavy (non-hydrogen) atoms. The molecule has 0 aliphatic carbocycles. The molecule has 12 atom stereocenters.